The minimum absolute atomic E-state index is 0.170. The number of hydrogen-bond donors (Lipinski definition) is 1. The smallest absolute Gasteiger partial charge is 0.410 e. The molecule has 0 spiro atoms. The lowest BCUT2D eigenvalue weighted by Gasteiger charge is -2.26. The Balaban J connectivity index is 1.44. The quantitative estimate of drug-likeness (QED) is 0.926. The van der Waals surface area contributed by atoms with Crippen molar-refractivity contribution >= 4 is 6.09 Å². The number of amides is 1. The molecular formula is C16H25N3O2. The van der Waals surface area contributed by atoms with Crippen molar-refractivity contribution in [3.8, 4) is 0 Å². The molecule has 2 aliphatic rings. The second-order valence-corrected chi connectivity index (χ2v) is 7.23. The van der Waals surface area contributed by atoms with Crippen LogP contribution in [0.5, 0.6) is 0 Å². The second kappa shape index (κ2) is 5.05. The third-order valence-corrected chi connectivity index (χ3v) is 4.42. The molecule has 1 saturated heterocycles. The van der Waals surface area contributed by atoms with E-state index in [4.69, 9.17) is 4.74 Å². The summed E-state index contributed by atoms with van der Waals surface area (Å²) in [6.07, 6.45) is 1.89. The maximum absolute atomic E-state index is 12.0. The van der Waals surface area contributed by atoms with E-state index < -0.39 is 5.60 Å². The van der Waals surface area contributed by atoms with Crippen molar-refractivity contribution in [1.82, 2.24) is 14.8 Å². The van der Waals surface area contributed by atoms with Gasteiger partial charge in [0.05, 0.1) is 0 Å². The van der Waals surface area contributed by atoms with E-state index in [-0.39, 0.29) is 6.09 Å². The fourth-order valence-electron chi connectivity index (χ4n) is 3.21. The first-order valence-corrected chi connectivity index (χ1v) is 7.67. The molecule has 1 aromatic heterocycles. The highest BCUT2D eigenvalue weighted by atomic mass is 16.6. The van der Waals surface area contributed by atoms with Gasteiger partial charge in [-0.15, -0.1) is 0 Å². The van der Waals surface area contributed by atoms with Gasteiger partial charge in [-0.05, 0) is 44.7 Å². The number of carbonyl (C=O) groups is 1. The first kappa shape index (κ1) is 14.4. The van der Waals surface area contributed by atoms with E-state index >= 15 is 0 Å². The Kier molecular flexibility index (Phi) is 3.48. The third kappa shape index (κ3) is 3.07. The summed E-state index contributed by atoms with van der Waals surface area (Å²) in [7, 11) is 2.06. The van der Waals surface area contributed by atoms with Gasteiger partial charge in [0.25, 0.3) is 0 Å². The first-order valence-electron chi connectivity index (χ1n) is 7.67. The van der Waals surface area contributed by atoms with Crippen LogP contribution in [0.3, 0.4) is 0 Å². The maximum Gasteiger partial charge on any atom is 0.410 e. The molecule has 116 valence electrons. The van der Waals surface area contributed by atoms with E-state index in [1.807, 2.05) is 25.7 Å². The molecule has 0 aromatic carbocycles. The lowest BCUT2D eigenvalue weighted by Crippen LogP contribution is -2.39. The molecule has 5 heteroatoms. The predicted molar refractivity (Wildman–Crippen MR) is 80.8 cm³/mol. The van der Waals surface area contributed by atoms with Crippen molar-refractivity contribution in [2.24, 2.45) is 18.9 Å². The number of aromatic nitrogens is 1. The molecule has 5 nitrogen and oxygen atoms in total. The molecule has 2 atom stereocenters. The molecule has 1 saturated carbocycles. The van der Waals surface area contributed by atoms with Crippen LogP contribution in [-0.4, -0.2) is 40.3 Å². The van der Waals surface area contributed by atoms with Gasteiger partial charge in [0.2, 0.25) is 0 Å². The van der Waals surface area contributed by atoms with E-state index in [1.54, 1.807) is 0 Å². The largest absolute Gasteiger partial charge is 0.444 e. The Hall–Kier alpha value is -1.49. The van der Waals surface area contributed by atoms with Crippen LogP contribution in [0.25, 0.3) is 0 Å². The summed E-state index contributed by atoms with van der Waals surface area (Å²) in [4.78, 5) is 13.9. The number of fused-ring (bicyclic) bond motifs is 1. The van der Waals surface area contributed by atoms with Gasteiger partial charge >= 0.3 is 6.09 Å². The summed E-state index contributed by atoms with van der Waals surface area (Å²) < 4.78 is 7.56. The van der Waals surface area contributed by atoms with E-state index in [0.29, 0.717) is 17.9 Å². The fraction of sp³-hybridized carbons (Fsp3) is 0.688. The molecule has 1 aliphatic heterocycles. The van der Waals surface area contributed by atoms with Crippen molar-refractivity contribution < 1.29 is 9.53 Å². The molecule has 0 bridgehead atoms. The lowest BCUT2D eigenvalue weighted by molar-refractivity contribution is 0.0269. The summed E-state index contributed by atoms with van der Waals surface area (Å²) in [6, 6.07) is 4.76. The summed E-state index contributed by atoms with van der Waals surface area (Å²) in [5.74, 6) is 1.19. The molecule has 21 heavy (non-hydrogen) atoms. The van der Waals surface area contributed by atoms with Gasteiger partial charge in [-0.3, -0.25) is 0 Å². The molecule has 1 aromatic rings. The van der Waals surface area contributed by atoms with Gasteiger partial charge in [0.1, 0.15) is 5.60 Å². The van der Waals surface area contributed by atoms with Crippen molar-refractivity contribution in [1.29, 1.82) is 0 Å². The number of likely N-dealkylation sites (tertiary alicyclic amines) is 1. The SMILES string of the molecule is Cn1cccc1CNC1C2CN(C(=O)OC(C)(C)C)CC21. The minimum Gasteiger partial charge on any atom is -0.444 e. The zero-order chi connectivity index (χ0) is 15.2. The van der Waals surface area contributed by atoms with Gasteiger partial charge < -0.3 is 19.5 Å². The highest BCUT2D eigenvalue weighted by molar-refractivity contribution is 5.69. The van der Waals surface area contributed by atoms with Crippen LogP contribution >= 0.6 is 0 Å². The van der Waals surface area contributed by atoms with Crippen molar-refractivity contribution in [3.05, 3.63) is 24.0 Å². The average molecular weight is 291 g/mol. The topological polar surface area (TPSA) is 46.5 Å². The highest BCUT2D eigenvalue weighted by Gasteiger charge is 2.56. The molecule has 1 aliphatic carbocycles. The van der Waals surface area contributed by atoms with Crippen molar-refractivity contribution in [2.45, 2.75) is 39.0 Å². The number of nitrogens with zero attached hydrogens (tertiary/aromatic N) is 2. The molecular weight excluding hydrogens is 266 g/mol. The summed E-state index contributed by atoms with van der Waals surface area (Å²) in [6.45, 7) is 8.27. The maximum atomic E-state index is 12.0. The Labute approximate surface area is 126 Å². The van der Waals surface area contributed by atoms with E-state index in [9.17, 15) is 4.79 Å². The van der Waals surface area contributed by atoms with Crippen molar-refractivity contribution in [3.63, 3.8) is 0 Å². The first-order chi connectivity index (χ1) is 9.85. The molecule has 3 rings (SSSR count). The lowest BCUT2D eigenvalue weighted by atomic mass is 10.2. The number of carbonyl (C=O) groups excluding carboxylic acids is 1. The van der Waals surface area contributed by atoms with Crippen LogP contribution in [0.2, 0.25) is 0 Å². The summed E-state index contributed by atoms with van der Waals surface area (Å²) >= 11 is 0. The number of aryl methyl sites for hydroxylation is 1. The van der Waals surface area contributed by atoms with Gasteiger partial charge in [-0.25, -0.2) is 4.79 Å². The van der Waals surface area contributed by atoms with Crippen LogP contribution in [0.1, 0.15) is 26.5 Å². The van der Waals surface area contributed by atoms with Gasteiger partial charge in [0, 0.05) is 44.6 Å². The van der Waals surface area contributed by atoms with Crippen LogP contribution in [-0.2, 0) is 18.3 Å². The molecule has 2 fully saturated rings. The zero-order valence-corrected chi connectivity index (χ0v) is 13.3. The molecule has 1 amide bonds. The number of ether oxygens (including phenoxy) is 1. The number of hydrogen-bond acceptors (Lipinski definition) is 3. The van der Waals surface area contributed by atoms with Crippen molar-refractivity contribution in [2.75, 3.05) is 13.1 Å². The average Bonchev–Trinajstić information content (AvgIpc) is 2.77. The normalized spacial score (nSPS) is 27.6. The number of rotatable bonds is 3. The Bertz CT molecular complexity index is 520. The third-order valence-electron chi connectivity index (χ3n) is 4.42. The molecule has 2 unspecified atom stereocenters. The summed E-state index contributed by atoms with van der Waals surface area (Å²) in [5.41, 5.74) is 0.887. The van der Waals surface area contributed by atoms with Crippen LogP contribution in [0.15, 0.2) is 18.3 Å². The Morgan fingerprint density at radius 3 is 2.57 bits per heavy atom. The van der Waals surface area contributed by atoms with Gasteiger partial charge in [0.15, 0.2) is 0 Å². The van der Waals surface area contributed by atoms with Gasteiger partial charge in [-0.1, -0.05) is 0 Å². The minimum atomic E-state index is -0.409. The highest BCUT2D eigenvalue weighted by Crippen LogP contribution is 2.45. The molecule has 2 heterocycles. The predicted octanol–water partition coefficient (Wildman–Crippen LogP) is 1.98. The standard InChI is InChI=1S/C16H25N3O2/c1-16(2,3)21-15(20)19-9-12-13(10-19)14(12)17-8-11-6-5-7-18(11)4/h5-7,12-14,17H,8-10H2,1-4H3. The van der Waals surface area contributed by atoms with E-state index in [2.05, 4.69) is 35.3 Å². The monoisotopic (exact) mass is 291 g/mol. The zero-order valence-electron chi connectivity index (χ0n) is 13.3. The van der Waals surface area contributed by atoms with Crippen LogP contribution in [0, 0.1) is 11.8 Å². The molecule has 0 radical (unpaired) electrons. The molecule has 1 N–H and O–H groups in total. The summed E-state index contributed by atoms with van der Waals surface area (Å²) in [5, 5.41) is 3.61. The number of piperidine rings is 1. The van der Waals surface area contributed by atoms with Gasteiger partial charge in [-0.2, -0.15) is 0 Å². The second-order valence-electron chi connectivity index (χ2n) is 7.23. The Morgan fingerprint density at radius 1 is 1.38 bits per heavy atom. The van der Waals surface area contributed by atoms with Crippen LogP contribution in [0.4, 0.5) is 4.79 Å². The van der Waals surface area contributed by atoms with E-state index in [1.165, 1.54) is 5.69 Å². The number of nitrogens with one attached hydrogen (secondary N) is 1. The van der Waals surface area contributed by atoms with E-state index in [0.717, 1.165) is 19.6 Å². The van der Waals surface area contributed by atoms with Crippen LogP contribution < -0.4 is 5.32 Å². The Morgan fingerprint density at radius 2 is 2.05 bits per heavy atom. The fourth-order valence-corrected chi connectivity index (χ4v) is 3.21.